The van der Waals surface area contributed by atoms with E-state index in [2.05, 4.69) is 18.7 Å². The van der Waals surface area contributed by atoms with Gasteiger partial charge in [0.1, 0.15) is 0 Å². The highest BCUT2D eigenvalue weighted by molar-refractivity contribution is 4.91. The maximum atomic E-state index is 6.00. The van der Waals surface area contributed by atoms with E-state index in [0.29, 0.717) is 0 Å². The molecule has 0 aromatic rings. The van der Waals surface area contributed by atoms with Gasteiger partial charge in [-0.05, 0) is 25.8 Å². The molecule has 1 unspecified atom stereocenters. The average molecular weight is 228 g/mol. The Balaban J connectivity index is 2.51. The molecule has 3 heteroatoms. The second kappa shape index (κ2) is 6.58. The normalized spacial score (nSPS) is 20.8. The van der Waals surface area contributed by atoms with Gasteiger partial charge in [-0.1, -0.05) is 26.2 Å². The highest BCUT2D eigenvalue weighted by atomic mass is 16.5. The van der Waals surface area contributed by atoms with Crippen molar-refractivity contribution in [1.82, 2.24) is 4.90 Å². The van der Waals surface area contributed by atoms with Crippen LogP contribution < -0.4 is 5.73 Å². The van der Waals surface area contributed by atoms with Crippen molar-refractivity contribution in [2.75, 3.05) is 33.4 Å². The molecule has 1 rings (SSSR count). The summed E-state index contributed by atoms with van der Waals surface area (Å²) in [6, 6.07) is 0. The minimum Gasteiger partial charge on any atom is -0.383 e. The SMILES string of the molecule is CCN(CCOC)C(C)(CN)CC1CCC1. The van der Waals surface area contributed by atoms with E-state index in [4.69, 9.17) is 10.5 Å². The zero-order chi connectivity index (χ0) is 12.0. The molecule has 0 aromatic heterocycles. The zero-order valence-corrected chi connectivity index (χ0v) is 11.2. The van der Waals surface area contributed by atoms with E-state index in [0.717, 1.165) is 32.2 Å². The quantitative estimate of drug-likeness (QED) is 0.689. The first-order valence-corrected chi connectivity index (χ1v) is 6.60. The molecule has 3 nitrogen and oxygen atoms in total. The molecule has 1 aliphatic carbocycles. The van der Waals surface area contributed by atoms with Gasteiger partial charge in [-0.25, -0.2) is 0 Å². The van der Waals surface area contributed by atoms with Gasteiger partial charge in [0.25, 0.3) is 0 Å². The fourth-order valence-corrected chi connectivity index (χ4v) is 2.67. The molecule has 1 atom stereocenters. The number of likely N-dealkylation sites (N-methyl/N-ethyl adjacent to an activating group) is 1. The van der Waals surface area contributed by atoms with Gasteiger partial charge in [-0.2, -0.15) is 0 Å². The van der Waals surface area contributed by atoms with Gasteiger partial charge >= 0.3 is 0 Å². The molecule has 0 aromatic carbocycles. The smallest absolute Gasteiger partial charge is 0.0589 e. The predicted octanol–water partition coefficient (Wildman–Crippen LogP) is 1.86. The summed E-state index contributed by atoms with van der Waals surface area (Å²) in [7, 11) is 1.76. The second-order valence-corrected chi connectivity index (χ2v) is 5.27. The Hall–Kier alpha value is -0.120. The third-order valence-electron chi connectivity index (χ3n) is 4.10. The molecule has 0 heterocycles. The van der Waals surface area contributed by atoms with E-state index >= 15 is 0 Å². The van der Waals surface area contributed by atoms with Gasteiger partial charge in [0.15, 0.2) is 0 Å². The van der Waals surface area contributed by atoms with Crippen molar-refractivity contribution in [3.63, 3.8) is 0 Å². The minimum absolute atomic E-state index is 0.165. The van der Waals surface area contributed by atoms with Crippen LogP contribution >= 0.6 is 0 Å². The van der Waals surface area contributed by atoms with Crippen LogP contribution in [0, 0.1) is 5.92 Å². The second-order valence-electron chi connectivity index (χ2n) is 5.27. The van der Waals surface area contributed by atoms with Crippen molar-refractivity contribution in [3.05, 3.63) is 0 Å². The Bertz CT molecular complexity index is 194. The van der Waals surface area contributed by atoms with Crippen molar-refractivity contribution in [2.24, 2.45) is 11.7 Å². The van der Waals surface area contributed by atoms with Crippen LogP contribution in [0.3, 0.4) is 0 Å². The van der Waals surface area contributed by atoms with Crippen LogP contribution in [0.2, 0.25) is 0 Å². The lowest BCUT2D eigenvalue weighted by Gasteiger charge is -2.44. The predicted molar refractivity (Wildman–Crippen MR) is 68.5 cm³/mol. The first-order valence-electron chi connectivity index (χ1n) is 6.60. The van der Waals surface area contributed by atoms with E-state index in [1.165, 1.54) is 25.7 Å². The summed E-state index contributed by atoms with van der Waals surface area (Å²) in [5.41, 5.74) is 6.16. The molecule has 0 amide bonds. The van der Waals surface area contributed by atoms with Gasteiger partial charge in [0, 0.05) is 25.7 Å². The fraction of sp³-hybridized carbons (Fsp3) is 1.00. The van der Waals surface area contributed by atoms with Crippen molar-refractivity contribution >= 4 is 0 Å². The average Bonchev–Trinajstić information content (AvgIpc) is 2.24. The Labute approximate surface area is 100 Å². The van der Waals surface area contributed by atoms with Crippen LogP contribution in [0.25, 0.3) is 0 Å². The molecule has 1 saturated carbocycles. The molecular formula is C13H28N2O. The maximum Gasteiger partial charge on any atom is 0.0589 e. The number of nitrogens with two attached hydrogens (primary N) is 1. The highest BCUT2D eigenvalue weighted by Gasteiger charge is 2.34. The summed E-state index contributed by atoms with van der Waals surface area (Å²) < 4.78 is 5.18. The number of hydrogen-bond acceptors (Lipinski definition) is 3. The third kappa shape index (κ3) is 3.44. The summed E-state index contributed by atoms with van der Waals surface area (Å²) >= 11 is 0. The number of hydrogen-bond donors (Lipinski definition) is 1. The van der Waals surface area contributed by atoms with E-state index in [1.807, 2.05) is 0 Å². The van der Waals surface area contributed by atoms with Gasteiger partial charge in [0.05, 0.1) is 6.61 Å². The molecule has 16 heavy (non-hydrogen) atoms. The number of ether oxygens (including phenoxy) is 1. The van der Waals surface area contributed by atoms with Crippen LogP contribution in [0.1, 0.15) is 39.5 Å². The Kier molecular flexibility index (Phi) is 5.73. The Morgan fingerprint density at radius 1 is 1.44 bits per heavy atom. The molecule has 1 fully saturated rings. The number of methoxy groups -OCH3 is 1. The molecular weight excluding hydrogens is 200 g/mol. The lowest BCUT2D eigenvalue weighted by atomic mass is 9.76. The van der Waals surface area contributed by atoms with E-state index < -0.39 is 0 Å². The topological polar surface area (TPSA) is 38.5 Å². The van der Waals surface area contributed by atoms with Crippen molar-refractivity contribution in [2.45, 2.75) is 45.1 Å². The first kappa shape index (κ1) is 13.9. The fourth-order valence-electron chi connectivity index (χ4n) is 2.67. The standard InChI is InChI=1S/C13H28N2O/c1-4-15(8-9-16-3)13(2,11-14)10-12-6-5-7-12/h12H,4-11,14H2,1-3H3. The minimum atomic E-state index is 0.165. The van der Waals surface area contributed by atoms with E-state index in [-0.39, 0.29) is 5.54 Å². The van der Waals surface area contributed by atoms with Crippen LogP contribution in [0.4, 0.5) is 0 Å². The summed E-state index contributed by atoms with van der Waals surface area (Å²) in [5, 5.41) is 0. The van der Waals surface area contributed by atoms with Crippen LogP contribution in [-0.2, 0) is 4.74 Å². The number of rotatable bonds is 8. The zero-order valence-electron chi connectivity index (χ0n) is 11.2. The highest BCUT2D eigenvalue weighted by Crippen LogP contribution is 2.35. The van der Waals surface area contributed by atoms with Gasteiger partial charge in [-0.15, -0.1) is 0 Å². The van der Waals surface area contributed by atoms with Gasteiger partial charge in [-0.3, -0.25) is 4.90 Å². The molecule has 96 valence electrons. The van der Waals surface area contributed by atoms with E-state index in [1.54, 1.807) is 7.11 Å². The van der Waals surface area contributed by atoms with Gasteiger partial charge < -0.3 is 10.5 Å². The summed E-state index contributed by atoms with van der Waals surface area (Å²) in [4.78, 5) is 2.48. The molecule has 0 aliphatic heterocycles. The summed E-state index contributed by atoms with van der Waals surface area (Å²) in [5.74, 6) is 0.908. The van der Waals surface area contributed by atoms with Gasteiger partial charge in [0.2, 0.25) is 0 Å². The van der Waals surface area contributed by atoms with Crippen LogP contribution in [0.5, 0.6) is 0 Å². The molecule has 0 spiro atoms. The Morgan fingerprint density at radius 3 is 2.50 bits per heavy atom. The molecule has 0 radical (unpaired) electrons. The lowest BCUT2D eigenvalue weighted by molar-refractivity contribution is 0.0475. The summed E-state index contributed by atoms with van der Waals surface area (Å²) in [6.07, 6.45) is 5.46. The van der Waals surface area contributed by atoms with Crippen molar-refractivity contribution in [3.8, 4) is 0 Å². The third-order valence-corrected chi connectivity index (χ3v) is 4.10. The largest absolute Gasteiger partial charge is 0.383 e. The summed E-state index contributed by atoms with van der Waals surface area (Å²) in [6.45, 7) is 8.13. The molecule has 0 bridgehead atoms. The lowest BCUT2D eigenvalue weighted by Crippen LogP contribution is -2.54. The molecule has 0 saturated heterocycles. The monoisotopic (exact) mass is 228 g/mol. The Morgan fingerprint density at radius 2 is 2.12 bits per heavy atom. The van der Waals surface area contributed by atoms with E-state index in [9.17, 15) is 0 Å². The van der Waals surface area contributed by atoms with Crippen molar-refractivity contribution < 1.29 is 4.74 Å². The van der Waals surface area contributed by atoms with Crippen LogP contribution in [-0.4, -0.2) is 43.8 Å². The maximum absolute atomic E-state index is 6.00. The number of nitrogens with zero attached hydrogens (tertiary/aromatic N) is 1. The van der Waals surface area contributed by atoms with Crippen LogP contribution in [0.15, 0.2) is 0 Å². The van der Waals surface area contributed by atoms with Crippen molar-refractivity contribution in [1.29, 1.82) is 0 Å². The molecule has 1 aliphatic rings. The molecule has 2 N–H and O–H groups in total. The first-order chi connectivity index (χ1) is 7.66.